The number of nitrogen functional groups attached to an aromatic ring is 1. The van der Waals surface area contributed by atoms with Gasteiger partial charge in [-0.25, -0.2) is 0 Å². The van der Waals surface area contributed by atoms with Gasteiger partial charge < -0.3 is 11.1 Å². The summed E-state index contributed by atoms with van der Waals surface area (Å²) in [6, 6.07) is 5.74. The highest BCUT2D eigenvalue weighted by Gasteiger charge is 2.14. The molecule has 4 heteroatoms. The van der Waals surface area contributed by atoms with Crippen LogP contribution in [0.2, 0.25) is 0 Å². The number of nitrogens with zero attached hydrogens (tertiary/aromatic N) is 1. The first-order chi connectivity index (χ1) is 10.3. The van der Waals surface area contributed by atoms with Crippen LogP contribution in [0.5, 0.6) is 0 Å². The van der Waals surface area contributed by atoms with Crippen LogP contribution in [0.25, 0.3) is 0 Å². The van der Waals surface area contributed by atoms with Crippen LogP contribution in [0.4, 0.5) is 11.4 Å². The van der Waals surface area contributed by atoms with Gasteiger partial charge in [-0.2, -0.15) is 0 Å². The second-order valence-corrected chi connectivity index (χ2v) is 6.80. The number of benzene rings is 1. The fourth-order valence-electron chi connectivity index (χ4n) is 2.63. The van der Waals surface area contributed by atoms with Crippen LogP contribution >= 0.6 is 0 Å². The van der Waals surface area contributed by atoms with E-state index < -0.39 is 0 Å². The molecule has 0 unspecified atom stereocenters. The Morgan fingerprint density at radius 3 is 2.23 bits per heavy atom. The molecule has 3 N–H and O–H groups in total. The molecule has 0 aliphatic heterocycles. The van der Waals surface area contributed by atoms with Crippen LogP contribution in [0, 0.1) is 11.8 Å². The molecule has 0 saturated heterocycles. The molecule has 0 radical (unpaired) electrons. The van der Waals surface area contributed by atoms with E-state index in [4.69, 9.17) is 5.73 Å². The molecule has 1 amide bonds. The van der Waals surface area contributed by atoms with Gasteiger partial charge in [0.15, 0.2) is 0 Å². The standard InChI is InChI=1S/C18H31N3O/c1-6-15-7-8-16(9-17(15)19)20-18(22)12-21(10-13(2)3)11-14(4)5/h7-9,13-14H,6,10-12,19H2,1-5H3,(H,20,22). The number of hydrogen-bond acceptors (Lipinski definition) is 3. The van der Waals surface area contributed by atoms with Gasteiger partial charge in [-0.1, -0.05) is 40.7 Å². The maximum absolute atomic E-state index is 12.3. The fourth-order valence-corrected chi connectivity index (χ4v) is 2.63. The topological polar surface area (TPSA) is 58.4 Å². The first kappa shape index (κ1) is 18.5. The predicted octanol–water partition coefficient (Wildman–Crippen LogP) is 3.38. The van der Waals surface area contributed by atoms with Crippen molar-refractivity contribution in [2.75, 3.05) is 30.7 Å². The molecule has 0 bridgehead atoms. The lowest BCUT2D eigenvalue weighted by Gasteiger charge is -2.25. The van der Waals surface area contributed by atoms with E-state index in [1.807, 2.05) is 18.2 Å². The summed E-state index contributed by atoms with van der Waals surface area (Å²) in [5.74, 6) is 1.11. The first-order valence-electron chi connectivity index (χ1n) is 8.22. The van der Waals surface area contributed by atoms with E-state index in [1.165, 1.54) is 0 Å². The molecule has 4 nitrogen and oxygen atoms in total. The van der Waals surface area contributed by atoms with Crippen LogP contribution in [-0.4, -0.2) is 30.4 Å². The molecule has 0 aliphatic rings. The molecule has 1 rings (SSSR count). The number of amides is 1. The van der Waals surface area contributed by atoms with Gasteiger partial charge in [0.1, 0.15) is 0 Å². The number of carbonyl (C=O) groups excluding carboxylic acids is 1. The zero-order valence-electron chi connectivity index (χ0n) is 14.6. The lowest BCUT2D eigenvalue weighted by atomic mass is 10.1. The van der Waals surface area contributed by atoms with E-state index in [2.05, 4.69) is 44.8 Å². The third kappa shape index (κ3) is 6.48. The molecule has 1 aromatic rings. The summed E-state index contributed by atoms with van der Waals surface area (Å²) < 4.78 is 0. The summed E-state index contributed by atoms with van der Waals surface area (Å²) in [6.45, 7) is 13.1. The SMILES string of the molecule is CCc1ccc(NC(=O)CN(CC(C)C)CC(C)C)cc1N. The van der Waals surface area contributed by atoms with Crippen LogP contribution in [-0.2, 0) is 11.2 Å². The number of nitrogens with one attached hydrogen (secondary N) is 1. The largest absolute Gasteiger partial charge is 0.398 e. The summed E-state index contributed by atoms with van der Waals surface area (Å²) in [6.07, 6.45) is 0.899. The average Bonchev–Trinajstić information content (AvgIpc) is 2.36. The van der Waals surface area contributed by atoms with Gasteiger partial charge in [0, 0.05) is 24.5 Å². The maximum atomic E-state index is 12.3. The van der Waals surface area contributed by atoms with Crippen molar-refractivity contribution in [2.45, 2.75) is 41.0 Å². The van der Waals surface area contributed by atoms with Crippen LogP contribution < -0.4 is 11.1 Å². The van der Waals surface area contributed by atoms with E-state index in [1.54, 1.807) is 0 Å². The minimum absolute atomic E-state index is 0.0185. The van der Waals surface area contributed by atoms with Crippen molar-refractivity contribution in [3.63, 3.8) is 0 Å². The molecule has 124 valence electrons. The predicted molar refractivity (Wildman–Crippen MR) is 95.0 cm³/mol. The van der Waals surface area contributed by atoms with Crippen molar-refractivity contribution in [3.05, 3.63) is 23.8 Å². The Morgan fingerprint density at radius 2 is 1.77 bits per heavy atom. The fraction of sp³-hybridized carbons (Fsp3) is 0.611. The average molecular weight is 305 g/mol. The highest BCUT2D eigenvalue weighted by molar-refractivity contribution is 5.92. The van der Waals surface area contributed by atoms with Crippen molar-refractivity contribution < 1.29 is 4.79 Å². The maximum Gasteiger partial charge on any atom is 0.238 e. The molecule has 0 atom stereocenters. The van der Waals surface area contributed by atoms with Gasteiger partial charge in [0.2, 0.25) is 5.91 Å². The molecular weight excluding hydrogens is 274 g/mol. The normalized spacial score (nSPS) is 11.5. The Bertz CT molecular complexity index is 473. The molecule has 0 aromatic heterocycles. The van der Waals surface area contributed by atoms with Crippen LogP contribution in [0.3, 0.4) is 0 Å². The Morgan fingerprint density at radius 1 is 1.18 bits per heavy atom. The Labute approximate surface area is 135 Å². The second-order valence-electron chi connectivity index (χ2n) is 6.80. The number of aryl methyl sites for hydroxylation is 1. The number of hydrogen-bond donors (Lipinski definition) is 2. The Hall–Kier alpha value is -1.55. The molecule has 0 saturated carbocycles. The Kier molecular flexibility index (Phi) is 7.39. The quantitative estimate of drug-likeness (QED) is 0.724. The lowest BCUT2D eigenvalue weighted by Crippen LogP contribution is -2.38. The number of carbonyl (C=O) groups is 1. The molecule has 0 fully saturated rings. The number of nitrogens with two attached hydrogens (primary N) is 1. The monoisotopic (exact) mass is 305 g/mol. The van der Waals surface area contributed by atoms with Crippen molar-refractivity contribution in [1.82, 2.24) is 4.90 Å². The zero-order valence-corrected chi connectivity index (χ0v) is 14.6. The highest BCUT2D eigenvalue weighted by atomic mass is 16.2. The smallest absolute Gasteiger partial charge is 0.238 e. The molecule has 0 spiro atoms. The number of anilines is 2. The van der Waals surface area contributed by atoms with Gasteiger partial charge >= 0.3 is 0 Å². The minimum Gasteiger partial charge on any atom is -0.398 e. The van der Waals surface area contributed by atoms with E-state index in [0.717, 1.165) is 36.4 Å². The number of rotatable bonds is 8. The summed E-state index contributed by atoms with van der Waals surface area (Å²) in [4.78, 5) is 14.5. The van der Waals surface area contributed by atoms with Crippen LogP contribution in [0.15, 0.2) is 18.2 Å². The minimum atomic E-state index is 0.0185. The summed E-state index contributed by atoms with van der Waals surface area (Å²) >= 11 is 0. The third-order valence-electron chi connectivity index (χ3n) is 3.42. The van der Waals surface area contributed by atoms with Crippen LogP contribution in [0.1, 0.15) is 40.2 Å². The van der Waals surface area contributed by atoms with E-state index in [0.29, 0.717) is 18.4 Å². The van der Waals surface area contributed by atoms with Gasteiger partial charge in [0.25, 0.3) is 0 Å². The third-order valence-corrected chi connectivity index (χ3v) is 3.42. The lowest BCUT2D eigenvalue weighted by molar-refractivity contribution is -0.117. The zero-order chi connectivity index (χ0) is 16.7. The van der Waals surface area contributed by atoms with Crippen molar-refractivity contribution in [3.8, 4) is 0 Å². The first-order valence-corrected chi connectivity index (χ1v) is 8.22. The summed E-state index contributed by atoms with van der Waals surface area (Å²) in [5.41, 5.74) is 8.60. The van der Waals surface area contributed by atoms with E-state index in [9.17, 15) is 4.79 Å². The second kappa shape index (κ2) is 8.79. The molecule has 1 aromatic carbocycles. The van der Waals surface area contributed by atoms with Crippen molar-refractivity contribution in [2.24, 2.45) is 11.8 Å². The molecule has 22 heavy (non-hydrogen) atoms. The van der Waals surface area contributed by atoms with Crippen molar-refractivity contribution >= 4 is 17.3 Å². The molecule has 0 aliphatic carbocycles. The Balaban J connectivity index is 2.64. The molecule has 0 heterocycles. The summed E-state index contributed by atoms with van der Waals surface area (Å²) in [7, 11) is 0. The van der Waals surface area contributed by atoms with Gasteiger partial charge in [0.05, 0.1) is 6.54 Å². The molecular formula is C18H31N3O. The van der Waals surface area contributed by atoms with E-state index in [-0.39, 0.29) is 5.91 Å². The van der Waals surface area contributed by atoms with E-state index >= 15 is 0 Å². The van der Waals surface area contributed by atoms with Gasteiger partial charge in [-0.3, -0.25) is 9.69 Å². The van der Waals surface area contributed by atoms with Crippen molar-refractivity contribution in [1.29, 1.82) is 0 Å². The highest BCUT2D eigenvalue weighted by Crippen LogP contribution is 2.18. The van der Waals surface area contributed by atoms with Gasteiger partial charge in [-0.15, -0.1) is 0 Å². The summed E-state index contributed by atoms with van der Waals surface area (Å²) in [5, 5.41) is 2.95. The van der Waals surface area contributed by atoms with Gasteiger partial charge in [-0.05, 0) is 36.0 Å².